The number of nitrogens with one attached hydrogen (secondary N) is 2. The number of hydrogen-bond acceptors (Lipinski definition) is 5. The molecule has 0 spiro atoms. The fraction of sp³-hybridized carbons (Fsp3) is 0.385. The van der Waals surface area contributed by atoms with Gasteiger partial charge in [0.1, 0.15) is 24.4 Å². The number of amides is 2. The van der Waals surface area contributed by atoms with Gasteiger partial charge in [0.05, 0.1) is 6.54 Å². The van der Waals surface area contributed by atoms with Gasteiger partial charge in [0, 0.05) is 30.6 Å². The molecule has 0 radical (unpaired) electrons. The van der Waals surface area contributed by atoms with E-state index in [-0.39, 0.29) is 18.6 Å². The van der Waals surface area contributed by atoms with E-state index in [0.29, 0.717) is 24.5 Å². The normalized spacial score (nSPS) is 16.1. The quantitative estimate of drug-likeness (QED) is 0.581. The number of carbonyl (C=O) groups is 2. The van der Waals surface area contributed by atoms with E-state index >= 15 is 0 Å². The SMILES string of the molecule is Cn1cc(C[C@H](NC(=O)OC(C)(C)C)C(=O)NCC2COc3ccccc3O2)c2ccccc21. The average Bonchev–Trinajstić information content (AvgIpc) is 3.11. The fourth-order valence-corrected chi connectivity index (χ4v) is 3.97. The Bertz CT molecular complexity index is 1180. The minimum Gasteiger partial charge on any atom is -0.486 e. The zero-order valence-corrected chi connectivity index (χ0v) is 20.0. The van der Waals surface area contributed by atoms with Gasteiger partial charge in [-0.05, 0) is 44.5 Å². The molecule has 1 aliphatic rings. The lowest BCUT2D eigenvalue weighted by Crippen LogP contribution is -2.51. The molecular formula is C26H31N3O5. The third kappa shape index (κ3) is 5.62. The molecule has 2 amide bonds. The van der Waals surface area contributed by atoms with Gasteiger partial charge in [0.15, 0.2) is 11.5 Å². The Hall–Kier alpha value is -3.68. The van der Waals surface area contributed by atoms with Crippen molar-refractivity contribution in [2.24, 2.45) is 7.05 Å². The Balaban J connectivity index is 1.46. The van der Waals surface area contributed by atoms with Crippen molar-refractivity contribution in [3.63, 3.8) is 0 Å². The van der Waals surface area contributed by atoms with Crippen LogP contribution in [-0.2, 0) is 23.0 Å². The highest BCUT2D eigenvalue weighted by Gasteiger charge is 2.28. The average molecular weight is 466 g/mol. The van der Waals surface area contributed by atoms with Crippen molar-refractivity contribution >= 4 is 22.9 Å². The van der Waals surface area contributed by atoms with Gasteiger partial charge in [-0.1, -0.05) is 30.3 Å². The van der Waals surface area contributed by atoms with Gasteiger partial charge in [-0.15, -0.1) is 0 Å². The van der Waals surface area contributed by atoms with Crippen molar-refractivity contribution in [3.8, 4) is 11.5 Å². The van der Waals surface area contributed by atoms with Crippen LogP contribution in [0.15, 0.2) is 54.7 Å². The number of para-hydroxylation sites is 3. The number of hydrogen-bond donors (Lipinski definition) is 2. The summed E-state index contributed by atoms with van der Waals surface area (Å²) in [5.74, 6) is 1.01. The molecule has 2 N–H and O–H groups in total. The van der Waals surface area contributed by atoms with E-state index in [9.17, 15) is 9.59 Å². The van der Waals surface area contributed by atoms with Crippen LogP contribution in [0, 0.1) is 0 Å². The van der Waals surface area contributed by atoms with Crippen LogP contribution in [0.3, 0.4) is 0 Å². The second-order valence-corrected chi connectivity index (χ2v) is 9.43. The molecule has 1 unspecified atom stereocenters. The maximum atomic E-state index is 13.2. The summed E-state index contributed by atoms with van der Waals surface area (Å²) in [6.45, 7) is 5.92. The number of rotatable bonds is 6. The molecule has 4 rings (SSSR count). The molecule has 2 aromatic carbocycles. The Labute approximate surface area is 199 Å². The second-order valence-electron chi connectivity index (χ2n) is 9.43. The molecule has 2 heterocycles. The molecular weight excluding hydrogens is 434 g/mol. The first kappa shape index (κ1) is 23.5. The predicted molar refractivity (Wildman–Crippen MR) is 129 cm³/mol. The van der Waals surface area contributed by atoms with Crippen LogP contribution in [0.2, 0.25) is 0 Å². The number of benzene rings is 2. The van der Waals surface area contributed by atoms with Crippen molar-refractivity contribution in [1.29, 1.82) is 0 Å². The summed E-state index contributed by atoms with van der Waals surface area (Å²) in [4.78, 5) is 25.7. The third-order valence-corrected chi connectivity index (χ3v) is 5.48. The Morgan fingerprint density at radius 2 is 1.82 bits per heavy atom. The van der Waals surface area contributed by atoms with E-state index in [0.717, 1.165) is 16.5 Å². The first-order valence-corrected chi connectivity index (χ1v) is 11.4. The maximum absolute atomic E-state index is 13.2. The number of nitrogens with zero attached hydrogens (tertiary/aromatic N) is 1. The van der Waals surface area contributed by atoms with Crippen molar-refractivity contribution in [2.45, 2.75) is 44.9 Å². The smallest absolute Gasteiger partial charge is 0.408 e. The van der Waals surface area contributed by atoms with Gasteiger partial charge in [0.2, 0.25) is 5.91 Å². The second kappa shape index (κ2) is 9.67. The number of aromatic nitrogens is 1. The van der Waals surface area contributed by atoms with Gasteiger partial charge in [-0.2, -0.15) is 0 Å². The van der Waals surface area contributed by atoms with Crippen LogP contribution in [-0.4, -0.2) is 47.5 Å². The molecule has 0 saturated heterocycles. The Morgan fingerprint density at radius 3 is 2.59 bits per heavy atom. The van der Waals surface area contributed by atoms with E-state index in [1.165, 1.54) is 0 Å². The zero-order chi connectivity index (χ0) is 24.3. The fourth-order valence-electron chi connectivity index (χ4n) is 3.97. The van der Waals surface area contributed by atoms with Crippen LogP contribution in [0.4, 0.5) is 4.79 Å². The summed E-state index contributed by atoms with van der Waals surface area (Å²) in [6.07, 6.45) is 1.33. The van der Waals surface area contributed by atoms with E-state index in [1.807, 2.05) is 66.3 Å². The highest BCUT2D eigenvalue weighted by atomic mass is 16.6. The summed E-state index contributed by atoms with van der Waals surface area (Å²) in [7, 11) is 1.96. The van der Waals surface area contributed by atoms with Crippen molar-refractivity contribution in [2.75, 3.05) is 13.2 Å². The minimum atomic E-state index is -0.822. The first-order chi connectivity index (χ1) is 16.2. The van der Waals surface area contributed by atoms with Crippen LogP contribution < -0.4 is 20.1 Å². The number of fused-ring (bicyclic) bond motifs is 2. The van der Waals surface area contributed by atoms with Crippen LogP contribution in [0.25, 0.3) is 10.9 Å². The third-order valence-electron chi connectivity index (χ3n) is 5.48. The van der Waals surface area contributed by atoms with E-state index in [2.05, 4.69) is 10.6 Å². The maximum Gasteiger partial charge on any atom is 0.408 e. The zero-order valence-electron chi connectivity index (χ0n) is 20.0. The monoisotopic (exact) mass is 465 g/mol. The molecule has 0 aliphatic carbocycles. The highest BCUT2D eigenvalue weighted by molar-refractivity contribution is 5.88. The molecule has 1 aliphatic heterocycles. The summed E-state index contributed by atoms with van der Waals surface area (Å²) < 4.78 is 19.1. The summed E-state index contributed by atoms with van der Waals surface area (Å²) in [5, 5.41) is 6.69. The topological polar surface area (TPSA) is 90.8 Å². The molecule has 34 heavy (non-hydrogen) atoms. The van der Waals surface area contributed by atoms with Gasteiger partial charge >= 0.3 is 6.09 Å². The lowest BCUT2D eigenvalue weighted by molar-refractivity contribution is -0.123. The molecule has 1 aromatic heterocycles. The number of alkyl carbamates (subject to hydrolysis) is 1. The molecule has 0 fully saturated rings. The largest absolute Gasteiger partial charge is 0.486 e. The molecule has 3 aromatic rings. The first-order valence-electron chi connectivity index (χ1n) is 11.4. The van der Waals surface area contributed by atoms with Gasteiger partial charge < -0.3 is 29.4 Å². The van der Waals surface area contributed by atoms with Crippen LogP contribution in [0.1, 0.15) is 26.3 Å². The summed E-state index contributed by atoms with van der Waals surface area (Å²) in [5.41, 5.74) is 1.34. The molecule has 0 saturated carbocycles. The molecule has 8 heteroatoms. The standard InChI is InChI=1S/C26H31N3O5/c1-26(2,3)34-25(31)28-20(13-17-15-29(4)21-10-6-5-9-19(17)21)24(30)27-14-18-16-32-22-11-7-8-12-23(22)33-18/h5-12,15,18,20H,13-14,16H2,1-4H3,(H,27,30)(H,28,31)/t18?,20-/m0/s1. The van der Waals surface area contributed by atoms with Crippen molar-refractivity contribution < 1.29 is 23.8 Å². The molecule has 2 atom stereocenters. The highest BCUT2D eigenvalue weighted by Crippen LogP contribution is 2.30. The van der Waals surface area contributed by atoms with E-state index < -0.39 is 17.7 Å². The van der Waals surface area contributed by atoms with Gasteiger partial charge in [0.25, 0.3) is 0 Å². The van der Waals surface area contributed by atoms with E-state index in [1.54, 1.807) is 20.8 Å². The Morgan fingerprint density at radius 1 is 1.12 bits per heavy atom. The van der Waals surface area contributed by atoms with Gasteiger partial charge in [-0.3, -0.25) is 4.79 Å². The number of aryl methyl sites for hydroxylation is 1. The van der Waals surface area contributed by atoms with E-state index in [4.69, 9.17) is 14.2 Å². The van der Waals surface area contributed by atoms with Crippen molar-refractivity contribution in [1.82, 2.24) is 15.2 Å². The lowest BCUT2D eigenvalue weighted by atomic mass is 10.0. The number of carbonyl (C=O) groups excluding carboxylic acids is 2. The minimum absolute atomic E-state index is 0.245. The molecule has 8 nitrogen and oxygen atoms in total. The Kier molecular flexibility index (Phi) is 6.68. The van der Waals surface area contributed by atoms with Crippen molar-refractivity contribution in [3.05, 3.63) is 60.3 Å². The lowest BCUT2D eigenvalue weighted by Gasteiger charge is -2.27. The summed E-state index contributed by atoms with van der Waals surface area (Å²) >= 11 is 0. The number of ether oxygens (including phenoxy) is 3. The van der Waals surface area contributed by atoms with Gasteiger partial charge in [-0.25, -0.2) is 4.79 Å². The van der Waals surface area contributed by atoms with Crippen LogP contribution in [0.5, 0.6) is 11.5 Å². The molecule has 0 bridgehead atoms. The predicted octanol–water partition coefficient (Wildman–Crippen LogP) is 3.57. The molecule has 180 valence electrons. The summed E-state index contributed by atoms with van der Waals surface area (Å²) in [6, 6.07) is 14.6. The van der Waals surface area contributed by atoms with Crippen LogP contribution >= 0.6 is 0 Å².